The molecule has 0 saturated carbocycles. The van der Waals surface area contributed by atoms with E-state index in [0.717, 1.165) is 38.2 Å². The molecule has 1 aliphatic heterocycles. The third kappa shape index (κ3) is 3.03. The van der Waals surface area contributed by atoms with Gasteiger partial charge in [-0.05, 0) is 31.7 Å². The Bertz CT molecular complexity index is 648. The zero-order valence-corrected chi connectivity index (χ0v) is 13.0. The molecule has 1 fully saturated rings. The van der Waals surface area contributed by atoms with E-state index in [1.807, 2.05) is 11.8 Å². The van der Waals surface area contributed by atoms with Crippen molar-refractivity contribution in [2.24, 2.45) is 5.92 Å². The molecule has 0 aliphatic carbocycles. The van der Waals surface area contributed by atoms with Crippen LogP contribution < -0.4 is 0 Å². The van der Waals surface area contributed by atoms with Crippen LogP contribution in [0.25, 0.3) is 0 Å². The predicted molar refractivity (Wildman–Crippen MR) is 79.3 cm³/mol. The minimum Gasteiger partial charge on any atom is -0.340 e. The summed E-state index contributed by atoms with van der Waals surface area (Å²) in [6.07, 6.45) is 4.50. The fourth-order valence-electron chi connectivity index (χ4n) is 2.96. The Morgan fingerprint density at radius 3 is 3.09 bits per heavy atom. The molecule has 2 aromatic rings. The standard InChI is InChI=1S/C15H21N5O2/c1-3-20-13(6-8-16-20)15(21)19-9-7-12(10-19)4-5-14-17-11(2)22-18-14/h6,8,12H,3-5,7,9-10H2,1-2H3. The van der Waals surface area contributed by atoms with Crippen molar-refractivity contribution < 1.29 is 9.32 Å². The molecule has 22 heavy (non-hydrogen) atoms. The summed E-state index contributed by atoms with van der Waals surface area (Å²) in [5, 5.41) is 8.08. The largest absolute Gasteiger partial charge is 0.340 e. The van der Waals surface area contributed by atoms with E-state index in [2.05, 4.69) is 15.2 Å². The van der Waals surface area contributed by atoms with E-state index in [1.165, 1.54) is 0 Å². The highest BCUT2D eigenvalue weighted by molar-refractivity contribution is 5.92. The molecular weight excluding hydrogens is 282 g/mol. The van der Waals surface area contributed by atoms with Crippen molar-refractivity contribution in [3.63, 3.8) is 0 Å². The first-order valence-electron chi connectivity index (χ1n) is 7.77. The first kappa shape index (κ1) is 14.7. The van der Waals surface area contributed by atoms with E-state index in [9.17, 15) is 4.79 Å². The van der Waals surface area contributed by atoms with Gasteiger partial charge in [0.2, 0.25) is 5.89 Å². The van der Waals surface area contributed by atoms with Gasteiger partial charge >= 0.3 is 0 Å². The van der Waals surface area contributed by atoms with Gasteiger partial charge in [0.1, 0.15) is 5.69 Å². The third-order valence-corrected chi connectivity index (χ3v) is 4.15. The topological polar surface area (TPSA) is 77.0 Å². The van der Waals surface area contributed by atoms with E-state index >= 15 is 0 Å². The van der Waals surface area contributed by atoms with E-state index in [4.69, 9.17) is 4.52 Å². The van der Waals surface area contributed by atoms with Crippen molar-refractivity contribution in [2.45, 2.75) is 39.7 Å². The molecular formula is C15H21N5O2. The van der Waals surface area contributed by atoms with Gasteiger partial charge in [0, 0.05) is 39.2 Å². The summed E-state index contributed by atoms with van der Waals surface area (Å²) in [4.78, 5) is 18.7. The normalized spacial score (nSPS) is 18.1. The van der Waals surface area contributed by atoms with Crippen molar-refractivity contribution in [3.05, 3.63) is 29.7 Å². The van der Waals surface area contributed by atoms with E-state index in [0.29, 0.717) is 24.0 Å². The molecule has 7 heteroatoms. The van der Waals surface area contributed by atoms with Gasteiger partial charge in [0.05, 0.1) is 0 Å². The molecule has 1 atom stereocenters. The van der Waals surface area contributed by atoms with Crippen molar-refractivity contribution in [2.75, 3.05) is 13.1 Å². The average molecular weight is 303 g/mol. The first-order valence-corrected chi connectivity index (χ1v) is 7.77. The van der Waals surface area contributed by atoms with Crippen LogP contribution in [0.4, 0.5) is 0 Å². The summed E-state index contributed by atoms with van der Waals surface area (Å²) in [7, 11) is 0. The molecule has 1 saturated heterocycles. The van der Waals surface area contributed by atoms with Crippen LogP contribution in [0.15, 0.2) is 16.8 Å². The van der Waals surface area contributed by atoms with Crippen LogP contribution in [0.5, 0.6) is 0 Å². The van der Waals surface area contributed by atoms with E-state index < -0.39 is 0 Å². The number of nitrogens with zero attached hydrogens (tertiary/aromatic N) is 5. The lowest BCUT2D eigenvalue weighted by atomic mass is 10.0. The Kier molecular flexibility index (Phi) is 4.22. The van der Waals surface area contributed by atoms with Crippen LogP contribution in [0.2, 0.25) is 0 Å². The number of hydrogen-bond acceptors (Lipinski definition) is 5. The fraction of sp³-hybridized carbons (Fsp3) is 0.600. The summed E-state index contributed by atoms with van der Waals surface area (Å²) >= 11 is 0. The van der Waals surface area contributed by atoms with E-state index in [1.54, 1.807) is 23.9 Å². The molecule has 0 spiro atoms. The van der Waals surface area contributed by atoms with Gasteiger partial charge in [-0.3, -0.25) is 9.48 Å². The lowest BCUT2D eigenvalue weighted by Crippen LogP contribution is -2.30. The highest BCUT2D eigenvalue weighted by Crippen LogP contribution is 2.22. The summed E-state index contributed by atoms with van der Waals surface area (Å²) in [6.45, 7) is 6.10. The zero-order chi connectivity index (χ0) is 15.5. The lowest BCUT2D eigenvalue weighted by Gasteiger charge is -2.16. The molecule has 7 nitrogen and oxygen atoms in total. The van der Waals surface area contributed by atoms with Crippen LogP contribution in [-0.4, -0.2) is 43.8 Å². The van der Waals surface area contributed by atoms with Gasteiger partial charge in [-0.2, -0.15) is 10.1 Å². The highest BCUT2D eigenvalue weighted by atomic mass is 16.5. The summed E-state index contributed by atoms with van der Waals surface area (Å²) in [6, 6.07) is 1.79. The molecule has 1 amide bonds. The van der Waals surface area contributed by atoms with Gasteiger partial charge in [-0.1, -0.05) is 5.16 Å². The maximum atomic E-state index is 12.5. The van der Waals surface area contributed by atoms with Crippen LogP contribution in [0.3, 0.4) is 0 Å². The second-order valence-corrected chi connectivity index (χ2v) is 5.71. The molecule has 0 N–H and O–H groups in total. The number of carbonyl (C=O) groups excluding carboxylic acids is 1. The monoisotopic (exact) mass is 303 g/mol. The van der Waals surface area contributed by atoms with Crippen LogP contribution in [0.1, 0.15) is 42.0 Å². The van der Waals surface area contributed by atoms with E-state index in [-0.39, 0.29) is 5.91 Å². The summed E-state index contributed by atoms with van der Waals surface area (Å²) < 4.78 is 6.73. The zero-order valence-electron chi connectivity index (χ0n) is 13.0. The molecule has 3 heterocycles. The minimum atomic E-state index is 0.0808. The Balaban J connectivity index is 1.54. The van der Waals surface area contributed by atoms with Crippen LogP contribution in [-0.2, 0) is 13.0 Å². The lowest BCUT2D eigenvalue weighted by molar-refractivity contribution is 0.0774. The number of hydrogen-bond donors (Lipinski definition) is 0. The van der Waals surface area contributed by atoms with Gasteiger partial charge in [-0.15, -0.1) is 0 Å². The molecule has 118 valence electrons. The second-order valence-electron chi connectivity index (χ2n) is 5.71. The van der Waals surface area contributed by atoms with Crippen molar-refractivity contribution in [3.8, 4) is 0 Å². The van der Waals surface area contributed by atoms with Gasteiger partial charge in [-0.25, -0.2) is 0 Å². The average Bonchev–Trinajstić information content (AvgIpc) is 3.24. The van der Waals surface area contributed by atoms with Crippen LogP contribution in [0, 0.1) is 12.8 Å². The molecule has 1 unspecified atom stereocenters. The number of amides is 1. The SMILES string of the molecule is CCn1nccc1C(=O)N1CCC(CCc2noc(C)n2)C1. The Hall–Kier alpha value is -2.18. The van der Waals surface area contributed by atoms with Gasteiger partial charge in [0.15, 0.2) is 5.82 Å². The number of aryl methyl sites for hydroxylation is 3. The van der Waals surface area contributed by atoms with Crippen LogP contribution >= 0.6 is 0 Å². The van der Waals surface area contributed by atoms with Crippen molar-refractivity contribution >= 4 is 5.91 Å². The molecule has 0 bridgehead atoms. The number of carbonyl (C=O) groups is 1. The molecule has 1 aliphatic rings. The highest BCUT2D eigenvalue weighted by Gasteiger charge is 2.28. The van der Waals surface area contributed by atoms with Gasteiger partial charge in [0.25, 0.3) is 5.91 Å². The predicted octanol–water partition coefficient (Wildman–Crippen LogP) is 1.69. The molecule has 2 aromatic heterocycles. The van der Waals surface area contributed by atoms with Crippen molar-refractivity contribution in [1.29, 1.82) is 0 Å². The molecule has 3 rings (SSSR count). The quantitative estimate of drug-likeness (QED) is 0.840. The Morgan fingerprint density at radius 1 is 1.50 bits per heavy atom. The fourth-order valence-corrected chi connectivity index (χ4v) is 2.96. The minimum absolute atomic E-state index is 0.0808. The molecule has 0 aromatic carbocycles. The maximum absolute atomic E-state index is 12.5. The maximum Gasteiger partial charge on any atom is 0.272 e. The third-order valence-electron chi connectivity index (χ3n) is 4.15. The van der Waals surface area contributed by atoms with Crippen molar-refractivity contribution in [1.82, 2.24) is 24.8 Å². The smallest absolute Gasteiger partial charge is 0.272 e. The summed E-state index contributed by atoms with van der Waals surface area (Å²) in [5.74, 6) is 1.94. The number of likely N-dealkylation sites (tertiary alicyclic amines) is 1. The number of aromatic nitrogens is 4. The Labute approximate surface area is 129 Å². The summed E-state index contributed by atoms with van der Waals surface area (Å²) in [5.41, 5.74) is 0.678. The second kappa shape index (κ2) is 6.29. The number of rotatable bonds is 5. The molecule has 0 radical (unpaired) electrons. The Morgan fingerprint density at radius 2 is 2.36 bits per heavy atom. The van der Waals surface area contributed by atoms with Gasteiger partial charge < -0.3 is 9.42 Å². The first-order chi connectivity index (χ1) is 10.7.